The first-order valence-electron chi connectivity index (χ1n) is 9.16. The van der Waals surface area contributed by atoms with Gasteiger partial charge in [0.15, 0.2) is 5.41 Å². The average Bonchev–Trinajstić information content (AvgIpc) is 2.73. The van der Waals surface area contributed by atoms with Crippen LogP contribution in [0.1, 0.15) is 30.7 Å². The Labute approximate surface area is 158 Å². The highest BCUT2D eigenvalue weighted by Gasteiger charge is 2.57. The van der Waals surface area contributed by atoms with E-state index in [0.29, 0.717) is 0 Å². The van der Waals surface area contributed by atoms with Gasteiger partial charge in [0.1, 0.15) is 5.92 Å². The first kappa shape index (κ1) is 17.0. The summed E-state index contributed by atoms with van der Waals surface area (Å²) in [6.07, 6.45) is 4.74. The van der Waals surface area contributed by atoms with E-state index in [1.807, 2.05) is 42.5 Å². The number of rotatable bonds is 1. The highest BCUT2D eigenvalue weighted by atomic mass is 14.6. The summed E-state index contributed by atoms with van der Waals surface area (Å²) in [7, 11) is 0. The summed E-state index contributed by atoms with van der Waals surface area (Å²) in [5.74, 6) is -1.29. The van der Waals surface area contributed by atoms with Crippen LogP contribution in [0.25, 0.3) is 10.8 Å². The molecule has 0 bridgehead atoms. The maximum Gasteiger partial charge on any atom is 0.189 e. The van der Waals surface area contributed by atoms with Crippen LogP contribution in [0, 0.1) is 56.7 Å². The first-order chi connectivity index (χ1) is 13.2. The van der Waals surface area contributed by atoms with Gasteiger partial charge >= 0.3 is 0 Å². The molecule has 27 heavy (non-hydrogen) atoms. The Kier molecular flexibility index (Phi) is 4.02. The van der Waals surface area contributed by atoms with E-state index in [-0.39, 0.29) is 11.6 Å². The van der Waals surface area contributed by atoms with Gasteiger partial charge in [-0.2, -0.15) is 15.8 Å². The van der Waals surface area contributed by atoms with Crippen molar-refractivity contribution in [1.82, 2.24) is 0 Å². The molecule has 3 atom stereocenters. The molecule has 0 aromatic heterocycles. The van der Waals surface area contributed by atoms with Crippen molar-refractivity contribution in [3.63, 3.8) is 0 Å². The van der Waals surface area contributed by atoms with Crippen LogP contribution < -0.4 is 0 Å². The number of nitriles is 3. The van der Waals surface area contributed by atoms with Gasteiger partial charge in [0.25, 0.3) is 0 Å². The van der Waals surface area contributed by atoms with Crippen molar-refractivity contribution in [3.05, 3.63) is 59.7 Å². The van der Waals surface area contributed by atoms with Crippen LogP contribution in [0.15, 0.2) is 54.1 Å². The Morgan fingerprint density at radius 3 is 2.48 bits per heavy atom. The van der Waals surface area contributed by atoms with Crippen molar-refractivity contribution in [3.8, 4) is 18.2 Å². The summed E-state index contributed by atoms with van der Waals surface area (Å²) in [4.78, 5) is 0. The zero-order valence-electron chi connectivity index (χ0n) is 14.8. The van der Waals surface area contributed by atoms with Crippen molar-refractivity contribution < 1.29 is 0 Å². The predicted molar refractivity (Wildman–Crippen MR) is 103 cm³/mol. The van der Waals surface area contributed by atoms with Gasteiger partial charge in [-0.25, -0.2) is 0 Å². The highest BCUT2D eigenvalue weighted by Crippen LogP contribution is 2.56. The van der Waals surface area contributed by atoms with E-state index in [4.69, 9.17) is 5.41 Å². The third-order valence-corrected chi connectivity index (χ3v) is 6.08. The molecule has 1 N–H and O–H groups in total. The van der Waals surface area contributed by atoms with E-state index in [2.05, 4.69) is 24.3 Å². The van der Waals surface area contributed by atoms with Crippen molar-refractivity contribution in [2.75, 3.05) is 0 Å². The molecular formula is C23H18N4. The summed E-state index contributed by atoms with van der Waals surface area (Å²) >= 11 is 0. The van der Waals surface area contributed by atoms with Crippen LogP contribution in [0.5, 0.6) is 0 Å². The third kappa shape index (κ3) is 2.29. The van der Waals surface area contributed by atoms with Crippen LogP contribution in [0.3, 0.4) is 0 Å². The Morgan fingerprint density at radius 1 is 1.00 bits per heavy atom. The van der Waals surface area contributed by atoms with Gasteiger partial charge in [-0.1, -0.05) is 48.5 Å². The molecule has 4 rings (SSSR count). The number of benzene rings is 2. The minimum Gasteiger partial charge on any atom is -0.305 e. The van der Waals surface area contributed by atoms with Crippen LogP contribution in [0.2, 0.25) is 0 Å². The van der Waals surface area contributed by atoms with Gasteiger partial charge in [-0.15, -0.1) is 0 Å². The van der Waals surface area contributed by atoms with Gasteiger partial charge in [-0.3, -0.25) is 0 Å². The number of hydrogen-bond donors (Lipinski definition) is 1. The average molecular weight is 350 g/mol. The number of nitrogens with one attached hydrogen (secondary N) is 1. The quantitative estimate of drug-likeness (QED) is 0.744. The molecule has 0 unspecified atom stereocenters. The predicted octanol–water partition coefficient (Wildman–Crippen LogP) is 4.86. The smallest absolute Gasteiger partial charge is 0.189 e. The lowest BCUT2D eigenvalue weighted by Gasteiger charge is -2.46. The molecule has 0 spiro atoms. The fourth-order valence-electron chi connectivity index (χ4n) is 4.87. The number of allylic oxidation sites excluding steroid dienone is 2. The fraction of sp³-hybridized carbons (Fsp3) is 0.304. The largest absolute Gasteiger partial charge is 0.305 e. The topological polar surface area (TPSA) is 95.2 Å². The molecule has 4 nitrogen and oxygen atoms in total. The third-order valence-electron chi connectivity index (χ3n) is 6.08. The molecule has 2 aromatic rings. The van der Waals surface area contributed by atoms with Crippen LogP contribution in [-0.4, -0.2) is 5.71 Å². The molecular weight excluding hydrogens is 332 g/mol. The normalized spacial score (nSPS) is 26.2. The Hall–Kier alpha value is -3.42. The number of nitrogens with zero attached hydrogens (tertiary/aromatic N) is 3. The zero-order valence-corrected chi connectivity index (χ0v) is 14.8. The molecule has 0 saturated heterocycles. The standard InChI is InChI=1S/C23H18N4/c24-12-20-17-9-3-4-10-19(17)21(23(13-25,14-26)22(20)27)18-11-5-7-15-6-1-2-8-16(15)18/h1-2,5-9,11,19-21,27H,3-4,10H2/t19-,20+,21-/m1/s1. The summed E-state index contributed by atoms with van der Waals surface area (Å²) in [6, 6.07) is 20.4. The van der Waals surface area contributed by atoms with Gasteiger partial charge < -0.3 is 5.41 Å². The summed E-state index contributed by atoms with van der Waals surface area (Å²) in [5.41, 5.74) is 0.157. The summed E-state index contributed by atoms with van der Waals surface area (Å²) < 4.78 is 0. The molecule has 0 radical (unpaired) electrons. The second-order valence-corrected chi connectivity index (χ2v) is 7.29. The zero-order chi connectivity index (χ0) is 19.0. The van der Waals surface area contributed by atoms with Gasteiger partial charge in [-0.05, 0) is 47.1 Å². The lowest BCUT2D eigenvalue weighted by Crippen LogP contribution is -2.48. The minimum atomic E-state index is -1.62. The Morgan fingerprint density at radius 2 is 1.74 bits per heavy atom. The van der Waals surface area contributed by atoms with E-state index in [1.165, 1.54) is 0 Å². The highest BCUT2D eigenvalue weighted by molar-refractivity contribution is 6.01. The minimum absolute atomic E-state index is 0.0670. The molecule has 0 heterocycles. The molecule has 2 aliphatic rings. The molecule has 1 fully saturated rings. The Bertz CT molecular complexity index is 1070. The lowest BCUT2D eigenvalue weighted by molar-refractivity contribution is 0.322. The molecule has 0 amide bonds. The number of hydrogen-bond acceptors (Lipinski definition) is 4. The number of fused-ring (bicyclic) bond motifs is 2. The molecule has 130 valence electrons. The maximum atomic E-state index is 10.1. The summed E-state index contributed by atoms with van der Waals surface area (Å²) in [6.45, 7) is 0. The van der Waals surface area contributed by atoms with E-state index >= 15 is 0 Å². The monoisotopic (exact) mass is 350 g/mol. The molecule has 2 aliphatic carbocycles. The van der Waals surface area contributed by atoms with E-state index in [9.17, 15) is 15.8 Å². The van der Waals surface area contributed by atoms with Crippen LogP contribution in [0.4, 0.5) is 0 Å². The second-order valence-electron chi connectivity index (χ2n) is 7.29. The van der Waals surface area contributed by atoms with Crippen molar-refractivity contribution in [1.29, 1.82) is 21.2 Å². The summed E-state index contributed by atoms with van der Waals surface area (Å²) in [5, 5.41) is 40.6. The van der Waals surface area contributed by atoms with E-state index in [1.54, 1.807) is 0 Å². The Balaban J connectivity index is 2.04. The second kappa shape index (κ2) is 6.39. The van der Waals surface area contributed by atoms with Crippen molar-refractivity contribution in [2.24, 2.45) is 17.3 Å². The van der Waals surface area contributed by atoms with Crippen molar-refractivity contribution >= 4 is 16.5 Å². The van der Waals surface area contributed by atoms with Gasteiger partial charge in [0.2, 0.25) is 0 Å². The van der Waals surface area contributed by atoms with E-state index < -0.39 is 17.3 Å². The van der Waals surface area contributed by atoms with Gasteiger partial charge in [0, 0.05) is 5.92 Å². The maximum absolute atomic E-state index is 10.1. The molecule has 4 heteroatoms. The van der Waals surface area contributed by atoms with Gasteiger partial charge in [0.05, 0.1) is 23.9 Å². The van der Waals surface area contributed by atoms with Crippen molar-refractivity contribution in [2.45, 2.75) is 25.2 Å². The molecule has 2 aromatic carbocycles. The van der Waals surface area contributed by atoms with E-state index in [0.717, 1.165) is 41.2 Å². The van der Waals surface area contributed by atoms with Crippen LogP contribution in [-0.2, 0) is 0 Å². The SMILES string of the molecule is N#C[C@@H]1C(=N)C(C#N)(C#N)[C@H](c2cccc3ccccc23)[C@@H]2CCCC=C12. The molecule has 0 aliphatic heterocycles. The first-order valence-corrected chi connectivity index (χ1v) is 9.16. The lowest BCUT2D eigenvalue weighted by atomic mass is 9.53. The fourth-order valence-corrected chi connectivity index (χ4v) is 4.87. The van der Waals surface area contributed by atoms with Crippen LogP contribution >= 0.6 is 0 Å². The molecule has 1 saturated carbocycles.